The fourth-order valence-electron chi connectivity index (χ4n) is 3.01. The molecule has 0 heterocycles. The van der Waals surface area contributed by atoms with E-state index in [-0.39, 0.29) is 0 Å². The van der Waals surface area contributed by atoms with Gasteiger partial charge in [0.2, 0.25) is 0 Å². The Morgan fingerprint density at radius 3 is 1.53 bits per heavy atom. The van der Waals surface area contributed by atoms with Crippen LogP contribution in [-0.4, -0.2) is 27.4 Å². The van der Waals surface area contributed by atoms with Crippen molar-refractivity contribution in [1.29, 1.82) is 0 Å². The van der Waals surface area contributed by atoms with Crippen molar-refractivity contribution in [1.82, 2.24) is 0 Å². The third-order valence-electron chi connectivity index (χ3n) is 4.59. The molecule has 2 nitrogen and oxygen atoms in total. The highest BCUT2D eigenvalue weighted by Gasteiger charge is 1.97. The summed E-state index contributed by atoms with van der Waals surface area (Å²) in [5.41, 5.74) is 5.97. The normalized spacial score (nSPS) is 10.6. The summed E-state index contributed by atoms with van der Waals surface area (Å²) in [5.74, 6) is 13.1. The first-order chi connectivity index (χ1) is 15.8. The minimum absolute atomic E-state index is 0.577. The quantitative estimate of drug-likeness (QED) is 0.471. The van der Waals surface area contributed by atoms with Gasteiger partial charge in [-0.2, -0.15) is 0 Å². The molecule has 158 valence electrons. The first kappa shape index (κ1) is 22.9. The largest absolute Gasteiger partial charge is 0.381 e. The topological polar surface area (TPSA) is 18.5 Å². The average Bonchev–Trinajstić information content (AvgIpc) is 2.83. The molecule has 0 bridgehead atoms. The van der Waals surface area contributed by atoms with Crippen LogP contribution >= 0.6 is 0 Å². The van der Waals surface area contributed by atoms with Crippen molar-refractivity contribution in [2.75, 3.05) is 27.4 Å². The lowest BCUT2D eigenvalue weighted by atomic mass is 10.1. The zero-order valence-corrected chi connectivity index (χ0v) is 18.5. The van der Waals surface area contributed by atoms with Crippen molar-refractivity contribution in [2.24, 2.45) is 0 Å². The van der Waals surface area contributed by atoms with Crippen LogP contribution in [0.4, 0.5) is 0 Å². The Morgan fingerprint density at radius 1 is 0.594 bits per heavy atom. The van der Waals surface area contributed by atoms with Gasteiger partial charge in [0.1, 0.15) is 0 Å². The molecular formula is C30H26O2. The molecule has 2 heteroatoms. The molecule has 0 saturated carbocycles. The molecule has 3 aromatic carbocycles. The van der Waals surface area contributed by atoms with Gasteiger partial charge in [0.05, 0.1) is 13.2 Å². The van der Waals surface area contributed by atoms with Crippen molar-refractivity contribution in [3.05, 3.63) is 118 Å². The number of ether oxygens (including phenoxy) is 2. The molecular weight excluding hydrogens is 392 g/mol. The second-order valence-electron chi connectivity index (χ2n) is 6.97. The van der Waals surface area contributed by atoms with Gasteiger partial charge in [-0.15, -0.1) is 0 Å². The van der Waals surface area contributed by atoms with Crippen LogP contribution in [0.5, 0.6) is 0 Å². The standard InChI is InChI=1S/C30H26O2/c1-31-22-8-16-27-12-3-5-14-29(27)20-18-25-10-7-11-26(24-25)19-21-30-15-6-4-13-28(30)17-9-23-32-2/h3-17,24H,22-23H2,1-2H3. The third-order valence-corrected chi connectivity index (χ3v) is 4.59. The highest BCUT2D eigenvalue weighted by Crippen LogP contribution is 2.12. The highest BCUT2D eigenvalue weighted by molar-refractivity contribution is 5.62. The van der Waals surface area contributed by atoms with Gasteiger partial charge in [-0.05, 0) is 41.5 Å². The summed E-state index contributed by atoms with van der Waals surface area (Å²) < 4.78 is 10.2. The van der Waals surface area contributed by atoms with Crippen molar-refractivity contribution in [3.63, 3.8) is 0 Å². The molecule has 0 aliphatic heterocycles. The van der Waals surface area contributed by atoms with Crippen LogP contribution in [0.1, 0.15) is 33.4 Å². The average molecular weight is 419 g/mol. The van der Waals surface area contributed by atoms with E-state index in [0.717, 1.165) is 33.4 Å². The fourth-order valence-corrected chi connectivity index (χ4v) is 3.01. The maximum Gasteiger partial charge on any atom is 0.0646 e. The summed E-state index contributed by atoms with van der Waals surface area (Å²) in [7, 11) is 3.37. The number of methoxy groups -OCH3 is 2. The predicted octanol–water partition coefficient (Wildman–Crippen LogP) is 5.81. The molecule has 0 amide bonds. The Balaban J connectivity index is 1.82. The molecule has 0 atom stereocenters. The number of rotatable bonds is 6. The summed E-state index contributed by atoms with van der Waals surface area (Å²) in [6.07, 6.45) is 8.04. The van der Waals surface area contributed by atoms with E-state index in [1.807, 2.05) is 85.0 Å². The van der Waals surface area contributed by atoms with Gasteiger partial charge < -0.3 is 9.47 Å². The minimum atomic E-state index is 0.577. The van der Waals surface area contributed by atoms with Crippen molar-refractivity contribution in [3.8, 4) is 23.7 Å². The Labute approximate surface area is 191 Å². The molecule has 32 heavy (non-hydrogen) atoms. The minimum Gasteiger partial charge on any atom is -0.381 e. The summed E-state index contributed by atoms with van der Waals surface area (Å²) in [6, 6.07) is 24.2. The monoisotopic (exact) mass is 418 g/mol. The Morgan fingerprint density at radius 2 is 1.06 bits per heavy atom. The van der Waals surface area contributed by atoms with Gasteiger partial charge in [0.15, 0.2) is 0 Å². The van der Waals surface area contributed by atoms with Crippen LogP contribution in [0.2, 0.25) is 0 Å². The summed E-state index contributed by atoms with van der Waals surface area (Å²) in [5, 5.41) is 0. The van der Waals surface area contributed by atoms with Crippen LogP contribution in [0, 0.1) is 23.7 Å². The fraction of sp³-hybridized carbons (Fsp3) is 0.133. The lowest BCUT2D eigenvalue weighted by molar-refractivity contribution is 0.234. The zero-order chi connectivity index (χ0) is 22.4. The van der Waals surface area contributed by atoms with E-state index in [4.69, 9.17) is 9.47 Å². The summed E-state index contributed by atoms with van der Waals surface area (Å²) in [4.78, 5) is 0. The Hall–Kier alpha value is -3.82. The van der Waals surface area contributed by atoms with E-state index < -0.39 is 0 Å². The van der Waals surface area contributed by atoms with E-state index in [9.17, 15) is 0 Å². The van der Waals surface area contributed by atoms with Gasteiger partial charge in [0.25, 0.3) is 0 Å². The van der Waals surface area contributed by atoms with Crippen LogP contribution in [-0.2, 0) is 9.47 Å². The Bertz CT molecular complexity index is 1120. The van der Waals surface area contributed by atoms with Crippen molar-refractivity contribution >= 4 is 12.2 Å². The van der Waals surface area contributed by atoms with E-state index in [1.165, 1.54) is 0 Å². The molecule has 3 rings (SSSR count). The molecule has 0 aliphatic rings. The molecule has 0 radical (unpaired) electrons. The smallest absolute Gasteiger partial charge is 0.0646 e. The molecule has 0 unspecified atom stereocenters. The molecule has 0 spiro atoms. The van der Waals surface area contributed by atoms with E-state index in [2.05, 4.69) is 35.8 Å². The second-order valence-corrected chi connectivity index (χ2v) is 6.97. The SMILES string of the molecule is COCC=Cc1ccccc1C#Cc1cccc(C#Cc2ccccc2C=CCOC)c1. The van der Waals surface area contributed by atoms with Crippen molar-refractivity contribution < 1.29 is 9.47 Å². The van der Waals surface area contributed by atoms with E-state index >= 15 is 0 Å². The summed E-state index contributed by atoms with van der Waals surface area (Å²) >= 11 is 0. The van der Waals surface area contributed by atoms with Gasteiger partial charge >= 0.3 is 0 Å². The van der Waals surface area contributed by atoms with Crippen molar-refractivity contribution in [2.45, 2.75) is 0 Å². The van der Waals surface area contributed by atoms with E-state index in [0.29, 0.717) is 13.2 Å². The molecule has 3 aromatic rings. The van der Waals surface area contributed by atoms with Crippen LogP contribution in [0.15, 0.2) is 84.9 Å². The van der Waals surface area contributed by atoms with Gasteiger partial charge in [-0.1, -0.05) is 90.5 Å². The maximum atomic E-state index is 5.09. The molecule has 0 fully saturated rings. The number of hydrogen-bond donors (Lipinski definition) is 0. The lowest BCUT2D eigenvalue weighted by Gasteiger charge is -1.99. The number of benzene rings is 3. The van der Waals surface area contributed by atoms with Gasteiger partial charge in [-0.25, -0.2) is 0 Å². The first-order valence-corrected chi connectivity index (χ1v) is 10.4. The lowest BCUT2D eigenvalue weighted by Crippen LogP contribution is -1.85. The molecule has 0 aromatic heterocycles. The van der Waals surface area contributed by atoms with Crippen LogP contribution in [0.3, 0.4) is 0 Å². The van der Waals surface area contributed by atoms with Gasteiger partial charge in [0, 0.05) is 36.5 Å². The molecule has 0 N–H and O–H groups in total. The first-order valence-electron chi connectivity index (χ1n) is 10.4. The van der Waals surface area contributed by atoms with Crippen LogP contribution in [0.25, 0.3) is 12.2 Å². The van der Waals surface area contributed by atoms with E-state index in [1.54, 1.807) is 14.2 Å². The maximum absolute atomic E-state index is 5.09. The Kier molecular flexibility index (Phi) is 9.13. The third kappa shape index (κ3) is 7.15. The number of hydrogen-bond acceptors (Lipinski definition) is 2. The second kappa shape index (κ2) is 12.8. The molecule has 0 aliphatic carbocycles. The molecule has 0 saturated heterocycles. The van der Waals surface area contributed by atoms with Crippen LogP contribution < -0.4 is 0 Å². The summed E-state index contributed by atoms with van der Waals surface area (Å²) in [6.45, 7) is 1.15. The highest BCUT2D eigenvalue weighted by atomic mass is 16.5. The van der Waals surface area contributed by atoms with Gasteiger partial charge in [-0.3, -0.25) is 0 Å². The zero-order valence-electron chi connectivity index (χ0n) is 18.5. The predicted molar refractivity (Wildman–Crippen MR) is 133 cm³/mol.